The number of furan rings is 1. The average molecular weight is 276 g/mol. The molecule has 0 saturated carbocycles. The summed E-state index contributed by atoms with van der Waals surface area (Å²) in [5, 5.41) is -0.357. The molecule has 0 bridgehead atoms. The van der Waals surface area contributed by atoms with Gasteiger partial charge in [-0.15, -0.1) is 0 Å². The Morgan fingerprint density at radius 3 is 2.67 bits per heavy atom. The van der Waals surface area contributed by atoms with E-state index in [1.54, 1.807) is 13.8 Å². The van der Waals surface area contributed by atoms with Crippen LogP contribution in [0.15, 0.2) is 21.8 Å². The van der Waals surface area contributed by atoms with Crippen molar-refractivity contribution in [3.8, 4) is 0 Å². The average Bonchev–Trinajstić information content (AvgIpc) is 2.76. The maximum absolute atomic E-state index is 11.9. The van der Waals surface area contributed by atoms with Gasteiger partial charge in [0.2, 0.25) is 5.09 Å². The van der Waals surface area contributed by atoms with Gasteiger partial charge in [-0.1, -0.05) is 0 Å². The zero-order chi connectivity index (χ0) is 14.0. The van der Waals surface area contributed by atoms with Crippen LogP contribution in [0, 0.1) is 0 Å². The van der Waals surface area contributed by atoms with Crippen LogP contribution < -0.4 is 10.5 Å². The van der Waals surface area contributed by atoms with Crippen molar-refractivity contribution in [2.24, 2.45) is 5.73 Å². The van der Waals surface area contributed by atoms with Crippen LogP contribution in [0.3, 0.4) is 0 Å². The number of rotatable bonds is 5. The quantitative estimate of drug-likeness (QED) is 0.737. The van der Waals surface area contributed by atoms with Crippen LogP contribution in [0.2, 0.25) is 0 Å². The fourth-order valence-corrected chi connectivity index (χ4v) is 2.51. The van der Waals surface area contributed by atoms with E-state index < -0.39 is 21.5 Å². The minimum atomic E-state index is -3.86. The van der Waals surface area contributed by atoms with Crippen LogP contribution in [-0.4, -0.2) is 33.6 Å². The van der Waals surface area contributed by atoms with Gasteiger partial charge in [0.25, 0.3) is 10.0 Å². The highest BCUT2D eigenvalue weighted by atomic mass is 32.2. The van der Waals surface area contributed by atoms with Crippen molar-refractivity contribution in [1.82, 2.24) is 4.72 Å². The molecule has 0 unspecified atom stereocenters. The van der Waals surface area contributed by atoms with Crippen molar-refractivity contribution in [2.75, 3.05) is 13.7 Å². The van der Waals surface area contributed by atoms with Crippen molar-refractivity contribution in [3.05, 3.63) is 17.9 Å². The first-order valence-electron chi connectivity index (χ1n) is 5.13. The lowest BCUT2D eigenvalue weighted by Crippen LogP contribution is -2.48. The van der Waals surface area contributed by atoms with Crippen molar-refractivity contribution >= 4 is 16.0 Å². The highest BCUT2D eigenvalue weighted by Gasteiger charge is 2.28. The maximum Gasteiger partial charge on any atom is 0.341 e. The second-order valence-corrected chi connectivity index (χ2v) is 5.95. The molecule has 0 spiro atoms. The Labute approximate surface area is 105 Å². The zero-order valence-electron chi connectivity index (χ0n) is 10.4. The number of carbonyl (C=O) groups excluding carboxylic acids is 1. The number of hydrogen-bond donors (Lipinski definition) is 2. The molecule has 0 atom stereocenters. The molecule has 0 aromatic carbocycles. The van der Waals surface area contributed by atoms with E-state index in [2.05, 4.69) is 9.46 Å². The molecule has 0 aliphatic rings. The van der Waals surface area contributed by atoms with Crippen LogP contribution in [0.25, 0.3) is 0 Å². The second kappa shape index (κ2) is 5.09. The van der Waals surface area contributed by atoms with Crippen molar-refractivity contribution in [2.45, 2.75) is 24.5 Å². The third kappa shape index (κ3) is 3.31. The maximum atomic E-state index is 11.9. The van der Waals surface area contributed by atoms with E-state index in [-0.39, 0.29) is 17.2 Å². The first-order chi connectivity index (χ1) is 8.22. The number of nitrogens with one attached hydrogen (secondary N) is 1. The van der Waals surface area contributed by atoms with Gasteiger partial charge in [0.05, 0.1) is 12.7 Å². The Balaban J connectivity index is 3.00. The summed E-state index contributed by atoms with van der Waals surface area (Å²) in [6.07, 6.45) is 1.02. The van der Waals surface area contributed by atoms with E-state index in [1.807, 2.05) is 0 Å². The normalized spacial score (nSPS) is 12.4. The number of hydrogen-bond acceptors (Lipinski definition) is 6. The summed E-state index contributed by atoms with van der Waals surface area (Å²) < 4.78 is 35.5. The highest BCUT2D eigenvalue weighted by molar-refractivity contribution is 7.89. The van der Waals surface area contributed by atoms with Gasteiger partial charge in [0, 0.05) is 18.2 Å². The van der Waals surface area contributed by atoms with Gasteiger partial charge in [0.1, 0.15) is 6.26 Å². The van der Waals surface area contributed by atoms with E-state index in [0.717, 1.165) is 12.3 Å². The predicted octanol–water partition coefficient (Wildman–Crippen LogP) is 0.0818. The Hall–Kier alpha value is -1.38. The second-order valence-electron chi connectivity index (χ2n) is 4.34. The minimum Gasteiger partial charge on any atom is -0.465 e. The fourth-order valence-electron chi connectivity index (χ4n) is 1.14. The standard InChI is InChI=1S/C10H16N2O5S/c1-10(2,6-11)12-18(14,15)8-4-7(5-17-8)9(13)16-3/h4-5,12H,6,11H2,1-3H3. The molecule has 0 aliphatic carbocycles. The Morgan fingerprint density at radius 1 is 1.56 bits per heavy atom. The molecule has 8 heteroatoms. The Kier molecular flexibility index (Phi) is 4.15. The third-order valence-corrected chi connectivity index (χ3v) is 3.75. The molecule has 1 rings (SSSR count). The van der Waals surface area contributed by atoms with Gasteiger partial charge >= 0.3 is 5.97 Å². The van der Waals surface area contributed by atoms with E-state index in [9.17, 15) is 13.2 Å². The van der Waals surface area contributed by atoms with Crippen LogP contribution in [0.4, 0.5) is 0 Å². The number of nitrogens with two attached hydrogens (primary N) is 1. The molecular weight excluding hydrogens is 260 g/mol. The summed E-state index contributed by atoms with van der Waals surface area (Å²) in [6, 6.07) is 1.10. The van der Waals surface area contributed by atoms with Gasteiger partial charge in [-0.2, -0.15) is 0 Å². The largest absolute Gasteiger partial charge is 0.465 e. The summed E-state index contributed by atoms with van der Waals surface area (Å²) in [5.41, 5.74) is 4.66. The van der Waals surface area contributed by atoms with E-state index in [1.165, 1.54) is 7.11 Å². The lowest BCUT2D eigenvalue weighted by atomic mass is 10.1. The summed E-state index contributed by atoms with van der Waals surface area (Å²) in [6.45, 7) is 3.39. The summed E-state index contributed by atoms with van der Waals surface area (Å²) in [4.78, 5) is 11.2. The molecule has 1 heterocycles. The van der Waals surface area contributed by atoms with Crippen molar-refractivity contribution in [3.63, 3.8) is 0 Å². The molecule has 0 aliphatic heterocycles. The SMILES string of the molecule is COC(=O)c1coc(S(=O)(=O)NC(C)(C)CN)c1. The molecular formula is C10H16N2O5S. The predicted molar refractivity (Wildman–Crippen MR) is 63.5 cm³/mol. The van der Waals surface area contributed by atoms with Gasteiger partial charge < -0.3 is 14.9 Å². The summed E-state index contributed by atoms with van der Waals surface area (Å²) >= 11 is 0. The van der Waals surface area contributed by atoms with Crippen molar-refractivity contribution < 1.29 is 22.4 Å². The van der Waals surface area contributed by atoms with E-state index in [4.69, 9.17) is 10.2 Å². The van der Waals surface area contributed by atoms with Crippen LogP contribution in [0.1, 0.15) is 24.2 Å². The molecule has 0 radical (unpaired) electrons. The fraction of sp³-hybridized carbons (Fsp3) is 0.500. The smallest absolute Gasteiger partial charge is 0.341 e. The molecule has 0 saturated heterocycles. The van der Waals surface area contributed by atoms with E-state index in [0.29, 0.717) is 0 Å². The van der Waals surface area contributed by atoms with Crippen LogP contribution in [0.5, 0.6) is 0 Å². The minimum absolute atomic E-state index is 0.0310. The molecule has 3 N–H and O–H groups in total. The molecule has 0 amide bonds. The number of methoxy groups -OCH3 is 1. The summed E-state index contributed by atoms with van der Waals surface area (Å²) in [7, 11) is -2.66. The molecule has 18 heavy (non-hydrogen) atoms. The van der Waals surface area contributed by atoms with Gasteiger partial charge in [-0.25, -0.2) is 17.9 Å². The Bertz CT molecular complexity index is 532. The first-order valence-corrected chi connectivity index (χ1v) is 6.61. The molecule has 7 nitrogen and oxygen atoms in total. The van der Waals surface area contributed by atoms with Gasteiger partial charge in [-0.05, 0) is 13.8 Å². The zero-order valence-corrected chi connectivity index (χ0v) is 11.2. The highest BCUT2D eigenvalue weighted by Crippen LogP contribution is 2.16. The number of ether oxygens (including phenoxy) is 1. The molecule has 1 aromatic rings. The number of esters is 1. The first kappa shape index (κ1) is 14.7. The lowest BCUT2D eigenvalue weighted by molar-refractivity contribution is 0.0600. The van der Waals surface area contributed by atoms with E-state index >= 15 is 0 Å². The number of sulfonamides is 1. The van der Waals surface area contributed by atoms with Gasteiger partial charge in [0.15, 0.2) is 0 Å². The number of carbonyl (C=O) groups is 1. The van der Waals surface area contributed by atoms with Gasteiger partial charge in [-0.3, -0.25) is 0 Å². The summed E-state index contributed by atoms with van der Waals surface area (Å²) in [5.74, 6) is -0.668. The molecule has 1 aromatic heterocycles. The molecule has 102 valence electrons. The van der Waals surface area contributed by atoms with Crippen LogP contribution in [-0.2, 0) is 14.8 Å². The van der Waals surface area contributed by atoms with Crippen molar-refractivity contribution in [1.29, 1.82) is 0 Å². The lowest BCUT2D eigenvalue weighted by Gasteiger charge is -2.22. The van der Waals surface area contributed by atoms with Crippen LogP contribution >= 0.6 is 0 Å². The molecule has 0 fully saturated rings. The monoisotopic (exact) mass is 276 g/mol. The third-order valence-electron chi connectivity index (χ3n) is 2.18. The Morgan fingerprint density at radius 2 is 2.17 bits per heavy atom. The topological polar surface area (TPSA) is 112 Å².